The van der Waals surface area contributed by atoms with Crippen LogP contribution in [0, 0.1) is 12.8 Å². The van der Waals surface area contributed by atoms with Gasteiger partial charge in [0, 0.05) is 12.5 Å². The monoisotopic (exact) mass is 287 g/mol. The average Bonchev–Trinajstić information content (AvgIpc) is 2.45. The van der Waals surface area contributed by atoms with Gasteiger partial charge < -0.3 is 4.90 Å². The fourth-order valence-corrected chi connectivity index (χ4v) is 2.40. The third-order valence-corrected chi connectivity index (χ3v) is 3.66. The van der Waals surface area contributed by atoms with Crippen LogP contribution in [0.4, 0.5) is 0 Å². The summed E-state index contributed by atoms with van der Waals surface area (Å²) in [5, 5.41) is 0. The molecule has 0 amide bonds. The van der Waals surface area contributed by atoms with Gasteiger partial charge in [-0.05, 0) is 39.1 Å². The Bertz CT molecular complexity index is 445. The standard InChI is InChI=1S/C19H29NO/c1-5-6-7-8-18(15-20(3)4)19(21)14-13-17-11-9-16(2)10-12-17/h9-14,18H,5-8,15H2,1-4H3/b14-13+/t18-/m1/s1. The van der Waals surface area contributed by atoms with Crippen molar-refractivity contribution in [1.82, 2.24) is 4.90 Å². The van der Waals surface area contributed by atoms with E-state index in [0.29, 0.717) is 0 Å². The van der Waals surface area contributed by atoms with Crippen LogP contribution in [0.5, 0.6) is 0 Å². The predicted molar refractivity (Wildman–Crippen MR) is 91.4 cm³/mol. The highest BCUT2D eigenvalue weighted by molar-refractivity contribution is 5.95. The lowest BCUT2D eigenvalue weighted by atomic mass is 9.95. The average molecular weight is 287 g/mol. The molecule has 0 fully saturated rings. The van der Waals surface area contributed by atoms with Gasteiger partial charge in [-0.1, -0.05) is 62.1 Å². The summed E-state index contributed by atoms with van der Waals surface area (Å²) in [6.45, 7) is 5.10. The van der Waals surface area contributed by atoms with Gasteiger partial charge in [-0.15, -0.1) is 0 Å². The Morgan fingerprint density at radius 2 is 1.86 bits per heavy atom. The molecule has 0 radical (unpaired) electrons. The van der Waals surface area contributed by atoms with Crippen molar-refractivity contribution in [3.05, 3.63) is 41.5 Å². The summed E-state index contributed by atoms with van der Waals surface area (Å²) in [5.41, 5.74) is 2.33. The van der Waals surface area contributed by atoms with Crippen LogP contribution in [0.15, 0.2) is 30.3 Å². The molecular weight excluding hydrogens is 258 g/mol. The topological polar surface area (TPSA) is 20.3 Å². The van der Waals surface area contributed by atoms with Crippen LogP contribution in [0.3, 0.4) is 0 Å². The number of ketones is 1. The van der Waals surface area contributed by atoms with E-state index < -0.39 is 0 Å². The van der Waals surface area contributed by atoms with Crippen LogP contribution in [0.25, 0.3) is 6.08 Å². The molecule has 0 aromatic heterocycles. The van der Waals surface area contributed by atoms with Crippen LogP contribution < -0.4 is 0 Å². The highest BCUT2D eigenvalue weighted by atomic mass is 16.1. The fourth-order valence-electron chi connectivity index (χ4n) is 2.40. The van der Waals surface area contributed by atoms with Gasteiger partial charge in [0.1, 0.15) is 0 Å². The van der Waals surface area contributed by atoms with E-state index in [1.807, 2.05) is 20.2 Å². The predicted octanol–water partition coefficient (Wildman–Crippen LogP) is 4.34. The Morgan fingerprint density at radius 1 is 1.19 bits per heavy atom. The van der Waals surface area contributed by atoms with Crippen LogP contribution in [0.1, 0.15) is 43.7 Å². The van der Waals surface area contributed by atoms with Crippen LogP contribution in [-0.4, -0.2) is 31.3 Å². The molecule has 0 aliphatic rings. The summed E-state index contributed by atoms with van der Waals surface area (Å²) in [4.78, 5) is 14.5. The number of aryl methyl sites for hydroxylation is 1. The molecule has 21 heavy (non-hydrogen) atoms. The van der Waals surface area contributed by atoms with Gasteiger partial charge in [0.2, 0.25) is 0 Å². The van der Waals surface area contributed by atoms with E-state index in [0.717, 1.165) is 24.9 Å². The number of carbonyl (C=O) groups excluding carboxylic acids is 1. The summed E-state index contributed by atoms with van der Waals surface area (Å²) < 4.78 is 0. The highest BCUT2D eigenvalue weighted by Crippen LogP contribution is 2.14. The minimum Gasteiger partial charge on any atom is -0.309 e. The van der Waals surface area contributed by atoms with Crippen molar-refractivity contribution in [2.75, 3.05) is 20.6 Å². The maximum Gasteiger partial charge on any atom is 0.160 e. The maximum atomic E-state index is 12.4. The number of rotatable bonds is 9. The van der Waals surface area contributed by atoms with E-state index >= 15 is 0 Å². The van der Waals surface area contributed by atoms with Crippen molar-refractivity contribution < 1.29 is 4.79 Å². The van der Waals surface area contributed by atoms with Gasteiger partial charge in [0.25, 0.3) is 0 Å². The van der Waals surface area contributed by atoms with Crippen molar-refractivity contribution in [2.45, 2.75) is 39.5 Å². The Labute approximate surface area is 129 Å². The second kappa shape index (κ2) is 9.51. The van der Waals surface area contributed by atoms with Crippen LogP contribution >= 0.6 is 0 Å². The van der Waals surface area contributed by atoms with Gasteiger partial charge >= 0.3 is 0 Å². The van der Waals surface area contributed by atoms with Gasteiger partial charge in [0.15, 0.2) is 5.78 Å². The summed E-state index contributed by atoms with van der Waals surface area (Å²) in [7, 11) is 4.06. The van der Waals surface area contributed by atoms with E-state index in [1.54, 1.807) is 6.08 Å². The lowest BCUT2D eigenvalue weighted by molar-refractivity contribution is -0.118. The lowest BCUT2D eigenvalue weighted by Gasteiger charge is -2.18. The Morgan fingerprint density at radius 3 is 2.43 bits per heavy atom. The van der Waals surface area contributed by atoms with Gasteiger partial charge in [0.05, 0.1) is 0 Å². The summed E-state index contributed by atoms with van der Waals surface area (Å²) in [5.74, 6) is 0.369. The molecule has 2 nitrogen and oxygen atoms in total. The Hall–Kier alpha value is -1.41. The SMILES string of the molecule is CCCCC[C@H](CN(C)C)C(=O)/C=C/c1ccc(C)cc1. The zero-order valence-electron chi connectivity index (χ0n) is 13.9. The molecule has 0 heterocycles. The smallest absolute Gasteiger partial charge is 0.160 e. The van der Waals surface area contributed by atoms with Gasteiger partial charge in [-0.3, -0.25) is 4.79 Å². The lowest BCUT2D eigenvalue weighted by Crippen LogP contribution is -2.27. The first kappa shape index (κ1) is 17.6. The number of benzene rings is 1. The minimum atomic E-state index is 0.119. The molecule has 1 rings (SSSR count). The third-order valence-electron chi connectivity index (χ3n) is 3.66. The first-order chi connectivity index (χ1) is 10.0. The molecular formula is C19H29NO. The van der Waals surface area contributed by atoms with Crippen molar-refractivity contribution in [3.8, 4) is 0 Å². The van der Waals surface area contributed by atoms with E-state index in [1.165, 1.54) is 18.4 Å². The second-order valence-corrected chi connectivity index (χ2v) is 6.10. The van der Waals surface area contributed by atoms with Crippen molar-refractivity contribution in [3.63, 3.8) is 0 Å². The first-order valence-electron chi connectivity index (χ1n) is 7.96. The molecule has 1 atom stereocenters. The molecule has 116 valence electrons. The maximum absolute atomic E-state index is 12.4. The summed E-state index contributed by atoms with van der Waals surface area (Å²) in [6.07, 6.45) is 8.22. The molecule has 0 saturated carbocycles. The first-order valence-corrected chi connectivity index (χ1v) is 7.96. The number of unbranched alkanes of at least 4 members (excludes halogenated alkanes) is 2. The zero-order chi connectivity index (χ0) is 15.7. The number of nitrogens with zero attached hydrogens (tertiary/aromatic N) is 1. The minimum absolute atomic E-state index is 0.119. The van der Waals surface area contributed by atoms with Crippen LogP contribution in [0.2, 0.25) is 0 Å². The number of carbonyl (C=O) groups is 1. The van der Waals surface area contributed by atoms with Gasteiger partial charge in [-0.2, -0.15) is 0 Å². The van der Waals surface area contributed by atoms with Crippen molar-refractivity contribution in [2.24, 2.45) is 5.92 Å². The Balaban J connectivity index is 2.63. The summed E-state index contributed by atoms with van der Waals surface area (Å²) >= 11 is 0. The molecule has 0 unspecified atom stereocenters. The molecule has 0 N–H and O–H groups in total. The Kier molecular flexibility index (Phi) is 7.99. The number of hydrogen-bond acceptors (Lipinski definition) is 2. The van der Waals surface area contributed by atoms with E-state index in [9.17, 15) is 4.79 Å². The van der Waals surface area contributed by atoms with E-state index in [-0.39, 0.29) is 11.7 Å². The molecule has 0 aliphatic carbocycles. The fraction of sp³-hybridized carbons (Fsp3) is 0.526. The molecule has 1 aromatic rings. The highest BCUT2D eigenvalue weighted by Gasteiger charge is 2.16. The molecule has 0 saturated heterocycles. The number of allylic oxidation sites excluding steroid dienone is 1. The van der Waals surface area contributed by atoms with E-state index in [4.69, 9.17) is 0 Å². The van der Waals surface area contributed by atoms with Crippen LogP contribution in [-0.2, 0) is 4.79 Å². The van der Waals surface area contributed by atoms with Gasteiger partial charge in [-0.25, -0.2) is 0 Å². The molecule has 2 heteroatoms. The summed E-state index contributed by atoms with van der Waals surface area (Å²) in [6, 6.07) is 8.25. The zero-order valence-corrected chi connectivity index (χ0v) is 13.9. The normalized spacial score (nSPS) is 13.0. The van der Waals surface area contributed by atoms with Crippen molar-refractivity contribution in [1.29, 1.82) is 0 Å². The molecule has 0 aliphatic heterocycles. The third kappa shape index (κ3) is 7.24. The molecule has 0 bridgehead atoms. The molecule has 0 spiro atoms. The number of hydrogen-bond donors (Lipinski definition) is 0. The molecule has 1 aromatic carbocycles. The second-order valence-electron chi connectivity index (χ2n) is 6.10. The quantitative estimate of drug-likeness (QED) is 0.497. The van der Waals surface area contributed by atoms with E-state index in [2.05, 4.69) is 43.0 Å². The van der Waals surface area contributed by atoms with Crippen molar-refractivity contribution >= 4 is 11.9 Å². The largest absolute Gasteiger partial charge is 0.309 e.